The van der Waals surface area contributed by atoms with Gasteiger partial charge in [0.2, 0.25) is 0 Å². The summed E-state index contributed by atoms with van der Waals surface area (Å²) >= 11 is 0. The highest BCUT2D eigenvalue weighted by atomic mass is 16.3. The standard InChI is InChI=1S/C10H16O3/c1-10(2,3)7-4-6(11)5-8(12)9(7)13/h4-5,8-9,11-13H,1-3H3/t8-,9+/m0/s1. The molecule has 74 valence electrons. The first-order chi connectivity index (χ1) is 5.82. The Morgan fingerprint density at radius 2 is 1.77 bits per heavy atom. The SMILES string of the molecule is CC(C)(C)C1=CC(O)=C[C@H](O)[C@@H]1O. The molecule has 0 heterocycles. The molecule has 13 heavy (non-hydrogen) atoms. The summed E-state index contributed by atoms with van der Waals surface area (Å²) in [4.78, 5) is 0. The first kappa shape index (κ1) is 10.3. The number of hydrogen-bond acceptors (Lipinski definition) is 3. The largest absolute Gasteiger partial charge is 0.508 e. The molecule has 0 fully saturated rings. The maximum absolute atomic E-state index is 9.62. The molecule has 0 saturated heterocycles. The minimum Gasteiger partial charge on any atom is -0.508 e. The minimum absolute atomic E-state index is 0.0164. The molecule has 0 aromatic heterocycles. The molecule has 2 atom stereocenters. The van der Waals surface area contributed by atoms with Crippen molar-refractivity contribution >= 4 is 0 Å². The quantitative estimate of drug-likeness (QED) is 0.529. The van der Waals surface area contributed by atoms with Crippen molar-refractivity contribution in [2.24, 2.45) is 5.41 Å². The zero-order valence-corrected chi connectivity index (χ0v) is 8.15. The molecule has 0 aromatic rings. The van der Waals surface area contributed by atoms with Gasteiger partial charge in [-0.25, -0.2) is 0 Å². The fourth-order valence-electron chi connectivity index (χ4n) is 1.40. The Labute approximate surface area is 78.0 Å². The lowest BCUT2D eigenvalue weighted by Crippen LogP contribution is -2.34. The van der Waals surface area contributed by atoms with Gasteiger partial charge in [-0.3, -0.25) is 0 Å². The van der Waals surface area contributed by atoms with Gasteiger partial charge < -0.3 is 15.3 Å². The molecule has 3 nitrogen and oxygen atoms in total. The molecule has 0 bridgehead atoms. The molecule has 1 aliphatic rings. The first-order valence-corrected chi connectivity index (χ1v) is 4.31. The van der Waals surface area contributed by atoms with E-state index in [4.69, 9.17) is 0 Å². The van der Waals surface area contributed by atoms with Gasteiger partial charge in [-0.15, -0.1) is 0 Å². The van der Waals surface area contributed by atoms with E-state index in [1.54, 1.807) is 0 Å². The molecule has 0 radical (unpaired) electrons. The summed E-state index contributed by atoms with van der Waals surface area (Å²) in [7, 11) is 0. The predicted molar refractivity (Wildman–Crippen MR) is 50.3 cm³/mol. The highest BCUT2D eigenvalue weighted by molar-refractivity contribution is 5.32. The second-order valence-corrected chi connectivity index (χ2v) is 4.38. The Kier molecular flexibility index (Phi) is 2.50. The second-order valence-electron chi connectivity index (χ2n) is 4.38. The number of aliphatic hydroxyl groups excluding tert-OH is 3. The van der Waals surface area contributed by atoms with E-state index in [1.807, 2.05) is 20.8 Å². The van der Waals surface area contributed by atoms with Gasteiger partial charge in [0, 0.05) is 0 Å². The van der Waals surface area contributed by atoms with Crippen LogP contribution in [0.2, 0.25) is 0 Å². The van der Waals surface area contributed by atoms with Crippen molar-refractivity contribution in [2.45, 2.75) is 33.0 Å². The molecule has 0 unspecified atom stereocenters. The molecule has 1 rings (SSSR count). The van der Waals surface area contributed by atoms with Gasteiger partial charge >= 0.3 is 0 Å². The van der Waals surface area contributed by atoms with E-state index in [9.17, 15) is 15.3 Å². The summed E-state index contributed by atoms with van der Waals surface area (Å²) in [5.41, 5.74) is 0.405. The molecule has 0 aliphatic heterocycles. The molecule has 0 spiro atoms. The minimum atomic E-state index is -1.00. The van der Waals surface area contributed by atoms with E-state index < -0.39 is 12.2 Å². The third kappa shape index (κ3) is 2.11. The number of allylic oxidation sites excluding steroid dienone is 1. The Balaban J connectivity index is 3.02. The third-order valence-corrected chi connectivity index (χ3v) is 2.15. The van der Waals surface area contributed by atoms with Gasteiger partial charge in [0.25, 0.3) is 0 Å². The van der Waals surface area contributed by atoms with Crippen LogP contribution in [0.4, 0.5) is 0 Å². The zero-order valence-electron chi connectivity index (χ0n) is 8.15. The van der Waals surface area contributed by atoms with Crippen LogP contribution in [-0.2, 0) is 0 Å². The zero-order chi connectivity index (χ0) is 10.2. The molecule has 0 saturated carbocycles. The van der Waals surface area contributed by atoms with Crippen molar-refractivity contribution in [3.05, 3.63) is 23.5 Å². The first-order valence-electron chi connectivity index (χ1n) is 4.31. The van der Waals surface area contributed by atoms with Crippen LogP contribution >= 0.6 is 0 Å². The summed E-state index contributed by atoms with van der Waals surface area (Å²) < 4.78 is 0. The van der Waals surface area contributed by atoms with Crippen LogP contribution in [0.15, 0.2) is 23.5 Å². The number of hydrogen-bond donors (Lipinski definition) is 3. The average Bonchev–Trinajstić information content (AvgIpc) is 1.94. The molecule has 1 aliphatic carbocycles. The third-order valence-electron chi connectivity index (χ3n) is 2.15. The molecule has 3 N–H and O–H groups in total. The number of rotatable bonds is 0. The van der Waals surface area contributed by atoms with Gasteiger partial charge in [0.1, 0.15) is 18.0 Å². The van der Waals surface area contributed by atoms with Crippen LogP contribution in [0.3, 0.4) is 0 Å². The van der Waals surface area contributed by atoms with Gasteiger partial charge in [-0.1, -0.05) is 20.8 Å². The summed E-state index contributed by atoms with van der Waals surface area (Å²) in [6.45, 7) is 5.77. The second kappa shape index (κ2) is 3.16. The van der Waals surface area contributed by atoms with Gasteiger partial charge in [0.05, 0.1) is 0 Å². The molecular weight excluding hydrogens is 168 g/mol. The Bertz CT molecular complexity index is 258. The van der Waals surface area contributed by atoms with Crippen LogP contribution in [0, 0.1) is 5.41 Å². The summed E-state index contributed by atoms with van der Waals surface area (Å²) in [6, 6.07) is 0. The van der Waals surface area contributed by atoms with Gasteiger partial charge in [0.15, 0.2) is 0 Å². The van der Waals surface area contributed by atoms with Crippen LogP contribution in [0.1, 0.15) is 20.8 Å². The van der Waals surface area contributed by atoms with Crippen LogP contribution in [0.5, 0.6) is 0 Å². The maximum Gasteiger partial charge on any atom is 0.114 e. The van der Waals surface area contributed by atoms with Crippen molar-refractivity contribution in [3.8, 4) is 0 Å². The van der Waals surface area contributed by atoms with Crippen LogP contribution in [-0.4, -0.2) is 27.5 Å². The fourth-order valence-corrected chi connectivity index (χ4v) is 1.40. The average molecular weight is 184 g/mol. The van der Waals surface area contributed by atoms with E-state index in [1.165, 1.54) is 12.2 Å². The van der Waals surface area contributed by atoms with E-state index in [0.717, 1.165) is 0 Å². The summed E-state index contributed by atoms with van der Waals surface area (Å²) in [5.74, 6) is 0.0164. The van der Waals surface area contributed by atoms with Crippen molar-refractivity contribution in [1.29, 1.82) is 0 Å². The molecular formula is C10H16O3. The lowest BCUT2D eigenvalue weighted by molar-refractivity contribution is 0.0559. The van der Waals surface area contributed by atoms with Crippen molar-refractivity contribution in [1.82, 2.24) is 0 Å². The van der Waals surface area contributed by atoms with E-state index in [-0.39, 0.29) is 11.2 Å². The highest BCUT2D eigenvalue weighted by Crippen LogP contribution is 2.32. The number of aliphatic hydroxyl groups is 3. The fraction of sp³-hybridized carbons (Fsp3) is 0.600. The van der Waals surface area contributed by atoms with Crippen LogP contribution < -0.4 is 0 Å². The monoisotopic (exact) mass is 184 g/mol. The molecule has 0 aromatic carbocycles. The highest BCUT2D eigenvalue weighted by Gasteiger charge is 2.31. The lowest BCUT2D eigenvalue weighted by Gasteiger charge is -2.31. The van der Waals surface area contributed by atoms with E-state index in [2.05, 4.69) is 0 Å². The summed E-state index contributed by atoms with van der Waals surface area (Å²) in [6.07, 6.45) is 0.840. The maximum atomic E-state index is 9.62. The van der Waals surface area contributed by atoms with Crippen molar-refractivity contribution < 1.29 is 15.3 Å². The lowest BCUT2D eigenvalue weighted by atomic mass is 9.79. The Morgan fingerprint density at radius 1 is 1.23 bits per heavy atom. The van der Waals surface area contributed by atoms with Crippen LogP contribution in [0.25, 0.3) is 0 Å². The Hall–Kier alpha value is -0.800. The molecule has 0 amide bonds. The van der Waals surface area contributed by atoms with E-state index in [0.29, 0.717) is 5.57 Å². The van der Waals surface area contributed by atoms with Crippen molar-refractivity contribution in [3.63, 3.8) is 0 Å². The Morgan fingerprint density at radius 3 is 2.23 bits per heavy atom. The topological polar surface area (TPSA) is 60.7 Å². The normalized spacial score (nSPS) is 29.6. The molecule has 3 heteroatoms. The van der Waals surface area contributed by atoms with Gasteiger partial charge in [-0.2, -0.15) is 0 Å². The summed E-state index contributed by atoms with van der Waals surface area (Å²) in [5, 5.41) is 28.2. The smallest absolute Gasteiger partial charge is 0.114 e. The van der Waals surface area contributed by atoms with Crippen molar-refractivity contribution in [2.75, 3.05) is 0 Å². The van der Waals surface area contributed by atoms with E-state index >= 15 is 0 Å². The predicted octanol–water partition coefficient (Wildman–Crippen LogP) is 1.14. The van der Waals surface area contributed by atoms with Gasteiger partial charge in [-0.05, 0) is 23.1 Å².